The van der Waals surface area contributed by atoms with Gasteiger partial charge in [-0.05, 0) is 24.6 Å². The number of carbonyl (C=O) groups is 1. The molecule has 0 spiro atoms. The molecule has 0 saturated carbocycles. The molecule has 1 aliphatic heterocycles. The first-order valence-electron chi connectivity index (χ1n) is 8.64. The van der Waals surface area contributed by atoms with E-state index in [9.17, 15) is 18.0 Å². The van der Waals surface area contributed by atoms with Gasteiger partial charge >= 0.3 is 6.18 Å². The summed E-state index contributed by atoms with van der Waals surface area (Å²) < 4.78 is 45.8. The molecule has 0 radical (unpaired) electrons. The van der Waals surface area contributed by atoms with Crippen LogP contribution in [0.15, 0.2) is 23.6 Å². The first kappa shape index (κ1) is 19.6. The zero-order chi connectivity index (χ0) is 19.4. The Balaban J connectivity index is 1.77. The van der Waals surface area contributed by atoms with Gasteiger partial charge in [-0.15, -0.1) is 11.3 Å². The summed E-state index contributed by atoms with van der Waals surface area (Å²) >= 11 is 1.44. The lowest BCUT2D eigenvalue weighted by atomic mass is 10.1. The quantitative estimate of drug-likeness (QED) is 0.832. The summed E-state index contributed by atoms with van der Waals surface area (Å²) in [5, 5.41) is 5.03. The van der Waals surface area contributed by atoms with E-state index in [4.69, 9.17) is 4.74 Å². The number of aromatic nitrogens is 1. The molecule has 2 heterocycles. The number of ether oxygens (including phenoxy) is 1. The van der Waals surface area contributed by atoms with Crippen LogP contribution in [0.5, 0.6) is 0 Å². The molecule has 0 unspecified atom stereocenters. The second-order valence-electron chi connectivity index (χ2n) is 6.14. The van der Waals surface area contributed by atoms with Gasteiger partial charge in [-0.3, -0.25) is 4.79 Å². The van der Waals surface area contributed by atoms with E-state index in [1.54, 1.807) is 11.4 Å². The monoisotopic (exact) mass is 399 g/mol. The highest BCUT2D eigenvalue weighted by Crippen LogP contribution is 2.37. The van der Waals surface area contributed by atoms with Crippen molar-refractivity contribution in [1.29, 1.82) is 0 Å². The number of amides is 1. The topological polar surface area (TPSA) is 54.5 Å². The number of hydrogen-bond donors (Lipinski definition) is 1. The summed E-state index contributed by atoms with van der Waals surface area (Å²) in [4.78, 5) is 18.3. The number of thiazole rings is 1. The van der Waals surface area contributed by atoms with Crippen LogP contribution in [0.2, 0.25) is 0 Å². The standard InChI is InChI=1S/C18H20F3N3O2S/c1-2-17-22-12(11-27-17)9-16(25)23-15-4-3-13(10-14(15)18(19,20)21)24-5-7-26-8-6-24/h3-4,10-11H,2,5-9H2,1H3,(H,23,25). The Morgan fingerprint density at radius 1 is 1.33 bits per heavy atom. The molecule has 0 atom stereocenters. The average Bonchev–Trinajstić information content (AvgIpc) is 3.09. The molecular formula is C18H20F3N3O2S. The Morgan fingerprint density at radius 3 is 2.70 bits per heavy atom. The molecule has 5 nitrogen and oxygen atoms in total. The van der Waals surface area contributed by atoms with Crippen molar-refractivity contribution in [3.8, 4) is 0 Å². The van der Waals surface area contributed by atoms with Gasteiger partial charge < -0.3 is 15.0 Å². The predicted octanol–water partition coefficient (Wildman–Crippen LogP) is 3.74. The van der Waals surface area contributed by atoms with Crippen LogP contribution >= 0.6 is 11.3 Å². The van der Waals surface area contributed by atoms with Crippen molar-refractivity contribution < 1.29 is 22.7 Å². The van der Waals surface area contributed by atoms with Gasteiger partial charge in [0.15, 0.2) is 0 Å². The van der Waals surface area contributed by atoms with E-state index in [1.807, 2.05) is 11.8 Å². The molecule has 1 saturated heterocycles. The van der Waals surface area contributed by atoms with Crippen LogP contribution < -0.4 is 10.2 Å². The number of anilines is 2. The van der Waals surface area contributed by atoms with E-state index < -0.39 is 17.6 Å². The smallest absolute Gasteiger partial charge is 0.378 e. The zero-order valence-corrected chi connectivity index (χ0v) is 15.6. The fourth-order valence-electron chi connectivity index (χ4n) is 2.85. The Labute approximate surface area is 159 Å². The van der Waals surface area contributed by atoms with Gasteiger partial charge in [-0.25, -0.2) is 4.98 Å². The molecular weight excluding hydrogens is 379 g/mol. The van der Waals surface area contributed by atoms with Gasteiger partial charge in [0, 0.05) is 24.2 Å². The molecule has 2 aromatic rings. The Bertz CT molecular complexity index is 801. The van der Waals surface area contributed by atoms with Crippen molar-refractivity contribution in [2.75, 3.05) is 36.5 Å². The van der Waals surface area contributed by atoms with Crippen LogP contribution in [0, 0.1) is 0 Å². The van der Waals surface area contributed by atoms with Gasteiger partial charge in [-0.1, -0.05) is 6.92 Å². The minimum absolute atomic E-state index is 0.0565. The molecule has 27 heavy (non-hydrogen) atoms. The molecule has 1 fully saturated rings. The predicted molar refractivity (Wildman–Crippen MR) is 98.3 cm³/mol. The van der Waals surface area contributed by atoms with Crippen LogP contribution in [0.1, 0.15) is 23.2 Å². The van der Waals surface area contributed by atoms with Crippen molar-refractivity contribution in [2.24, 2.45) is 0 Å². The maximum absolute atomic E-state index is 13.5. The van der Waals surface area contributed by atoms with Gasteiger partial charge in [0.1, 0.15) is 0 Å². The molecule has 1 amide bonds. The third-order valence-electron chi connectivity index (χ3n) is 4.20. The van der Waals surface area contributed by atoms with Crippen molar-refractivity contribution in [3.05, 3.63) is 39.8 Å². The molecule has 0 aliphatic carbocycles. The third kappa shape index (κ3) is 4.98. The number of nitrogens with zero attached hydrogens (tertiary/aromatic N) is 2. The SMILES string of the molecule is CCc1nc(CC(=O)Nc2ccc(N3CCOCC3)cc2C(F)(F)F)cs1. The Morgan fingerprint density at radius 2 is 2.07 bits per heavy atom. The van der Waals surface area contributed by atoms with Gasteiger partial charge in [-0.2, -0.15) is 13.2 Å². The van der Waals surface area contributed by atoms with E-state index in [0.717, 1.165) is 17.5 Å². The lowest BCUT2D eigenvalue weighted by Crippen LogP contribution is -2.36. The van der Waals surface area contributed by atoms with E-state index in [0.29, 0.717) is 37.7 Å². The summed E-state index contributed by atoms with van der Waals surface area (Å²) in [6.45, 7) is 3.98. The molecule has 146 valence electrons. The summed E-state index contributed by atoms with van der Waals surface area (Å²) in [6.07, 6.45) is -3.87. The fraction of sp³-hybridized carbons (Fsp3) is 0.444. The van der Waals surface area contributed by atoms with Crippen molar-refractivity contribution >= 4 is 28.6 Å². The van der Waals surface area contributed by atoms with Crippen LogP contribution in [-0.4, -0.2) is 37.2 Å². The van der Waals surface area contributed by atoms with Crippen LogP contribution in [0.3, 0.4) is 0 Å². The molecule has 1 aromatic heterocycles. The number of alkyl halides is 3. The molecule has 1 aliphatic rings. The van der Waals surface area contributed by atoms with E-state index >= 15 is 0 Å². The number of halogens is 3. The highest BCUT2D eigenvalue weighted by atomic mass is 32.1. The zero-order valence-electron chi connectivity index (χ0n) is 14.8. The minimum atomic E-state index is -4.57. The lowest BCUT2D eigenvalue weighted by molar-refractivity contribution is -0.136. The number of carbonyl (C=O) groups excluding carboxylic acids is 1. The number of aryl methyl sites for hydroxylation is 1. The van der Waals surface area contributed by atoms with Gasteiger partial charge in [0.25, 0.3) is 0 Å². The molecule has 1 N–H and O–H groups in total. The second kappa shape index (κ2) is 8.26. The molecule has 9 heteroatoms. The van der Waals surface area contributed by atoms with E-state index in [2.05, 4.69) is 10.3 Å². The Hall–Kier alpha value is -2.13. The maximum atomic E-state index is 13.5. The van der Waals surface area contributed by atoms with Gasteiger partial charge in [0.2, 0.25) is 5.91 Å². The van der Waals surface area contributed by atoms with E-state index in [1.165, 1.54) is 17.4 Å². The first-order chi connectivity index (χ1) is 12.9. The summed E-state index contributed by atoms with van der Waals surface area (Å²) in [5.41, 5.74) is -0.0635. The molecule has 0 bridgehead atoms. The van der Waals surface area contributed by atoms with Crippen molar-refractivity contribution in [1.82, 2.24) is 4.98 Å². The minimum Gasteiger partial charge on any atom is -0.378 e. The van der Waals surface area contributed by atoms with E-state index in [-0.39, 0.29) is 12.1 Å². The van der Waals surface area contributed by atoms with Crippen LogP contribution in [0.25, 0.3) is 0 Å². The number of benzene rings is 1. The summed E-state index contributed by atoms with van der Waals surface area (Å²) in [5.74, 6) is -0.521. The summed E-state index contributed by atoms with van der Waals surface area (Å²) in [7, 11) is 0. The number of nitrogens with one attached hydrogen (secondary N) is 1. The largest absolute Gasteiger partial charge is 0.418 e. The van der Waals surface area contributed by atoms with Crippen LogP contribution in [0.4, 0.5) is 24.5 Å². The first-order valence-corrected chi connectivity index (χ1v) is 9.52. The number of rotatable bonds is 5. The van der Waals surface area contributed by atoms with Crippen molar-refractivity contribution in [2.45, 2.75) is 25.9 Å². The summed E-state index contributed by atoms with van der Waals surface area (Å²) in [6, 6.07) is 3.98. The number of hydrogen-bond acceptors (Lipinski definition) is 5. The second-order valence-corrected chi connectivity index (χ2v) is 7.08. The number of morpholine rings is 1. The normalized spacial score (nSPS) is 15.0. The molecule has 3 rings (SSSR count). The lowest BCUT2D eigenvalue weighted by Gasteiger charge is -2.29. The fourth-order valence-corrected chi connectivity index (χ4v) is 3.59. The van der Waals surface area contributed by atoms with Gasteiger partial charge in [0.05, 0.1) is 41.6 Å². The van der Waals surface area contributed by atoms with Crippen molar-refractivity contribution in [3.63, 3.8) is 0 Å². The highest BCUT2D eigenvalue weighted by Gasteiger charge is 2.35. The van der Waals surface area contributed by atoms with Crippen LogP contribution in [-0.2, 0) is 28.5 Å². The molecule has 1 aromatic carbocycles. The maximum Gasteiger partial charge on any atom is 0.418 e. The highest BCUT2D eigenvalue weighted by molar-refractivity contribution is 7.09. The third-order valence-corrected chi connectivity index (χ3v) is 5.24. The Kier molecular flexibility index (Phi) is 6.01. The average molecular weight is 399 g/mol.